The fraction of sp³-hybridized carbons (Fsp3) is 0.276. The summed E-state index contributed by atoms with van der Waals surface area (Å²) in [7, 11) is 11.2. The van der Waals surface area contributed by atoms with Crippen LogP contribution in [0.15, 0.2) is 61.2 Å². The standard InChI is InChI=1S/C29H33N9O3/c1-34(2)11-12-35(3)26-15-28(41-6)24(14-27(26)38(39)40)33-29-30-10-9-23(32-29)22-18-36(4)25-13-19(7-8-21(22)25)20-16-31-37(5)17-20/h7-10,13-18H,11-12H2,1-6H3,(H,30,32,33). The van der Waals surface area contributed by atoms with Crippen LogP contribution in [0.2, 0.25) is 0 Å². The zero-order chi connectivity index (χ0) is 29.3. The van der Waals surface area contributed by atoms with Gasteiger partial charge in [-0.1, -0.05) is 12.1 Å². The van der Waals surface area contributed by atoms with E-state index < -0.39 is 0 Å². The molecule has 212 valence electrons. The second kappa shape index (κ2) is 11.3. The normalized spacial score (nSPS) is 11.3. The van der Waals surface area contributed by atoms with Gasteiger partial charge in [0.1, 0.15) is 11.4 Å². The fourth-order valence-corrected chi connectivity index (χ4v) is 4.77. The van der Waals surface area contributed by atoms with Crippen LogP contribution in [-0.4, -0.2) is 75.5 Å². The van der Waals surface area contributed by atoms with Crippen molar-refractivity contribution >= 4 is 33.9 Å². The lowest BCUT2D eigenvalue weighted by Crippen LogP contribution is -2.28. The van der Waals surface area contributed by atoms with Crippen LogP contribution < -0.4 is 15.0 Å². The first kappa shape index (κ1) is 27.6. The number of aromatic nitrogens is 5. The molecule has 0 aliphatic carbocycles. The number of hydrogen-bond acceptors (Lipinski definition) is 9. The summed E-state index contributed by atoms with van der Waals surface area (Å²) in [6.45, 7) is 1.36. The Hall–Kier alpha value is -4.97. The van der Waals surface area contributed by atoms with E-state index >= 15 is 0 Å². The maximum atomic E-state index is 12.0. The molecule has 0 aliphatic rings. The van der Waals surface area contributed by atoms with Crippen molar-refractivity contribution in [2.45, 2.75) is 0 Å². The van der Waals surface area contributed by atoms with Crippen LogP contribution in [-0.2, 0) is 14.1 Å². The van der Waals surface area contributed by atoms with E-state index in [0.717, 1.165) is 39.8 Å². The van der Waals surface area contributed by atoms with Crippen molar-refractivity contribution in [3.05, 3.63) is 71.3 Å². The van der Waals surface area contributed by atoms with E-state index in [0.29, 0.717) is 29.6 Å². The van der Waals surface area contributed by atoms with E-state index in [1.165, 1.54) is 13.2 Å². The number of anilines is 3. The zero-order valence-electron chi connectivity index (χ0n) is 24.0. The number of nitro benzene ring substituents is 1. The van der Waals surface area contributed by atoms with Crippen molar-refractivity contribution in [2.75, 3.05) is 51.6 Å². The first-order chi connectivity index (χ1) is 19.6. The lowest BCUT2D eigenvalue weighted by atomic mass is 10.0. The molecule has 0 saturated heterocycles. The summed E-state index contributed by atoms with van der Waals surface area (Å²) < 4.78 is 9.46. The molecule has 3 heterocycles. The van der Waals surface area contributed by atoms with E-state index in [-0.39, 0.29) is 10.6 Å². The monoisotopic (exact) mass is 555 g/mol. The van der Waals surface area contributed by atoms with Crippen molar-refractivity contribution in [3.63, 3.8) is 0 Å². The third-order valence-corrected chi connectivity index (χ3v) is 6.99. The highest BCUT2D eigenvalue weighted by Crippen LogP contribution is 2.39. The summed E-state index contributed by atoms with van der Waals surface area (Å²) in [5.41, 5.74) is 5.68. The number of likely N-dealkylation sites (N-methyl/N-ethyl adjacent to an activating group) is 2. The van der Waals surface area contributed by atoms with Gasteiger partial charge in [0.2, 0.25) is 5.95 Å². The van der Waals surface area contributed by atoms with E-state index in [2.05, 4.69) is 38.2 Å². The van der Waals surface area contributed by atoms with Gasteiger partial charge < -0.3 is 24.4 Å². The predicted molar refractivity (Wildman–Crippen MR) is 161 cm³/mol. The molecular weight excluding hydrogens is 522 g/mol. The second-order valence-corrected chi connectivity index (χ2v) is 10.2. The van der Waals surface area contributed by atoms with Crippen molar-refractivity contribution in [1.29, 1.82) is 0 Å². The largest absolute Gasteiger partial charge is 0.494 e. The van der Waals surface area contributed by atoms with Gasteiger partial charge in [0.15, 0.2) is 0 Å². The number of nitrogens with one attached hydrogen (secondary N) is 1. The molecule has 41 heavy (non-hydrogen) atoms. The van der Waals surface area contributed by atoms with Gasteiger partial charge in [-0.3, -0.25) is 14.8 Å². The van der Waals surface area contributed by atoms with Crippen LogP contribution in [0.4, 0.5) is 23.0 Å². The summed E-state index contributed by atoms with van der Waals surface area (Å²) in [6, 6.07) is 11.3. The average molecular weight is 556 g/mol. The number of hydrogen-bond donors (Lipinski definition) is 1. The Labute approximate surface area is 238 Å². The molecule has 0 unspecified atom stereocenters. The van der Waals surface area contributed by atoms with Crippen molar-refractivity contribution in [3.8, 4) is 28.1 Å². The minimum Gasteiger partial charge on any atom is -0.494 e. The number of ether oxygens (including phenoxy) is 1. The summed E-state index contributed by atoms with van der Waals surface area (Å²) >= 11 is 0. The topological polar surface area (TPSA) is 119 Å². The molecule has 0 atom stereocenters. The quantitative estimate of drug-likeness (QED) is 0.193. The fourth-order valence-electron chi connectivity index (χ4n) is 4.77. The molecule has 0 amide bonds. The van der Waals surface area contributed by atoms with Crippen molar-refractivity contribution in [2.24, 2.45) is 14.1 Å². The molecule has 0 fully saturated rings. The summed E-state index contributed by atoms with van der Waals surface area (Å²) in [5, 5.41) is 20.5. The Morgan fingerprint density at radius 1 is 1.05 bits per heavy atom. The van der Waals surface area contributed by atoms with E-state index in [1.54, 1.807) is 16.9 Å². The highest BCUT2D eigenvalue weighted by atomic mass is 16.6. The van der Waals surface area contributed by atoms with Crippen LogP contribution >= 0.6 is 0 Å². The third kappa shape index (κ3) is 5.68. The highest BCUT2D eigenvalue weighted by molar-refractivity contribution is 5.97. The van der Waals surface area contributed by atoms with Crippen LogP contribution in [0.3, 0.4) is 0 Å². The molecule has 5 aromatic rings. The third-order valence-electron chi connectivity index (χ3n) is 6.99. The molecule has 3 aromatic heterocycles. The number of methoxy groups -OCH3 is 1. The lowest BCUT2D eigenvalue weighted by molar-refractivity contribution is -0.384. The molecule has 12 heteroatoms. The van der Waals surface area contributed by atoms with Crippen LogP contribution in [0.25, 0.3) is 33.3 Å². The SMILES string of the molecule is COc1cc(N(C)CCN(C)C)c([N+](=O)[O-])cc1Nc1nccc(-c2cn(C)c3cc(-c4cnn(C)c4)ccc23)n1. The summed E-state index contributed by atoms with van der Waals surface area (Å²) in [5.74, 6) is 0.747. The van der Waals surface area contributed by atoms with Crippen LogP contribution in [0.1, 0.15) is 0 Å². The molecule has 2 aromatic carbocycles. The highest BCUT2D eigenvalue weighted by Gasteiger charge is 2.22. The average Bonchev–Trinajstić information content (AvgIpc) is 3.54. The Bertz CT molecular complexity index is 1720. The number of rotatable bonds is 10. The second-order valence-electron chi connectivity index (χ2n) is 10.2. The van der Waals surface area contributed by atoms with Gasteiger partial charge in [-0.15, -0.1) is 0 Å². The summed E-state index contributed by atoms with van der Waals surface area (Å²) in [6.07, 6.45) is 7.53. The number of fused-ring (bicyclic) bond motifs is 1. The molecular formula is C29H33N9O3. The van der Waals surface area contributed by atoms with E-state index in [4.69, 9.17) is 9.72 Å². The Morgan fingerprint density at radius 2 is 1.85 bits per heavy atom. The molecule has 1 N–H and O–H groups in total. The Kier molecular flexibility index (Phi) is 7.58. The Morgan fingerprint density at radius 3 is 2.54 bits per heavy atom. The molecule has 0 saturated carbocycles. The van der Waals surface area contributed by atoms with Gasteiger partial charge in [0, 0.05) is 87.0 Å². The van der Waals surface area contributed by atoms with Crippen LogP contribution in [0, 0.1) is 10.1 Å². The minimum atomic E-state index is -0.390. The molecule has 0 bridgehead atoms. The lowest BCUT2D eigenvalue weighted by Gasteiger charge is -2.22. The smallest absolute Gasteiger partial charge is 0.294 e. The van der Waals surface area contributed by atoms with E-state index in [1.807, 2.05) is 69.7 Å². The Balaban J connectivity index is 1.48. The van der Waals surface area contributed by atoms with Gasteiger partial charge in [-0.25, -0.2) is 9.97 Å². The van der Waals surface area contributed by atoms with E-state index in [9.17, 15) is 10.1 Å². The molecule has 0 spiro atoms. The van der Waals surface area contributed by atoms with Gasteiger partial charge in [0.05, 0.1) is 29.6 Å². The van der Waals surface area contributed by atoms with Gasteiger partial charge in [-0.2, -0.15) is 5.10 Å². The number of benzene rings is 2. The summed E-state index contributed by atoms with van der Waals surface area (Å²) in [4.78, 5) is 24.6. The molecule has 5 rings (SSSR count). The maximum absolute atomic E-state index is 12.0. The molecule has 0 radical (unpaired) electrons. The molecule has 12 nitrogen and oxygen atoms in total. The maximum Gasteiger partial charge on any atom is 0.294 e. The number of nitro groups is 1. The number of aryl methyl sites for hydroxylation is 2. The first-order valence-corrected chi connectivity index (χ1v) is 13.1. The van der Waals surface area contributed by atoms with Crippen LogP contribution in [0.5, 0.6) is 5.75 Å². The van der Waals surface area contributed by atoms with Gasteiger partial charge in [-0.05, 0) is 31.8 Å². The van der Waals surface area contributed by atoms with Gasteiger partial charge in [0.25, 0.3) is 5.69 Å². The zero-order valence-corrected chi connectivity index (χ0v) is 24.0. The predicted octanol–water partition coefficient (Wildman–Crippen LogP) is 4.69. The minimum absolute atomic E-state index is 0.0378. The van der Waals surface area contributed by atoms with Gasteiger partial charge >= 0.3 is 0 Å². The molecule has 0 aliphatic heterocycles. The first-order valence-electron chi connectivity index (χ1n) is 13.1. The van der Waals surface area contributed by atoms with Crippen molar-refractivity contribution in [1.82, 2.24) is 29.2 Å². The number of nitrogens with zero attached hydrogens (tertiary/aromatic N) is 8. The van der Waals surface area contributed by atoms with Crippen molar-refractivity contribution < 1.29 is 9.66 Å².